The lowest BCUT2D eigenvalue weighted by atomic mass is 9.84. The standard InChI is InChI=1S/C25H19BrFN3O3/c26-18-8-12-20(13-9-18)30-23(24(31)29-14-15-33-25(29)32)21(16-6-10-19(27)11-7-16)22(28-30)17-4-2-1-3-5-17/h1-13,21,23H,14-15H2/t21-,23-/m1/s1. The number of nitrogens with zero attached hydrogens (tertiary/aromatic N) is 3. The molecular formula is C25H19BrFN3O3. The molecule has 166 valence electrons. The fourth-order valence-electron chi connectivity index (χ4n) is 4.20. The van der Waals surface area contributed by atoms with Crippen LogP contribution in [0.25, 0.3) is 0 Å². The number of hydrogen-bond acceptors (Lipinski definition) is 5. The monoisotopic (exact) mass is 507 g/mol. The third-order valence-electron chi connectivity index (χ3n) is 5.76. The van der Waals surface area contributed by atoms with Gasteiger partial charge in [-0.1, -0.05) is 58.4 Å². The van der Waals surface area contributed by atoms with E-state index in [9.17, 15) is 14.0 Å². The van der Waals surface area contributed by atoms with E-state index in [0.29, 0.717) is 11.4 Å². The molecule has 2 heterocycles. The zero-order chi connectivity index (χ0) is 22.9. The van der Waals surface area contributed by atoms with E-state index < -0.39 is 24.0 Å². The zero-order valence-electron chi connectivity index (χ0n) is 17.4. The fourth-order valence-corrected chi connectivity index (χ4v) is 4.46. The van der Waals surface area contributed by atoms with Gasteiger partial charge in [-0.3, -0.25) is 9.80 Å². The van der Waals surface area contributed by atoms with Gasteiger partial charge < -0.3 is 4.74 Å². The molecule has 0 bridgehead atoms. The third kappa shape index (κ3) is 4.02. The van der Waals surface area contributed by atoms with Gasteiger partial charge >= 0.3 is 6.09 Å². The van der Waals surface area contributed by atoms with Gasteiger partial charge in [0.2, 0.25) is 0 Å². The second-order valence-corrected chi connectivity index (χ2v) is 8.67. The van der Waals surface area contributed by atoms with Gasteiger partial charge in [0.05, 0.1) is 23.9 Å². The zero-order valence-corrected chi connectivity index (χ0v) is 19.0. The maximum atomic E-state index is 13.8. The van der Waals surface area contributed by atoms with Crippen LogP contribution in [0, 0.1) is 5.82 Å². The smallest absolute Gasteiger partial charge is 0.416 e. The number of benzene rings is 3. The van der Waals surface area contributed by atoms with Crippen molar-refractivity contribution in [2.45, 2.75) is 12.0 Å². The number of carbonyl (C=O) groups excluding carboxylic acids is 2. The lowest BCUT2D eigenvalue weighted by molar-refractivity contribution is -0.129. The number of imide groups is 1. The normalized spacial score (nSPS) is 20.1. The Balaban J connectivity index is 1.67. The van der Waals surface area contributed by atoms with Crippen LogP contribution in [0.4, 0.5) is 14.9 Å². The highest BCUT2D eigenvalue weighted by Crippen LogP contribution is 2.39. The molecule has 0 unspecified atom stereocenters. The number of halogens is 2. The Morgan fingerprint density at radius 2 is 1.70 bits per heavy atom. The van der Waals surface area contributed by atoms with E-state index in [1.807, 2.05) is 54.6 Å². The number of cyclic esters (lactones) is 1. The molecule has 3 aromatic carbocycles. The van der Waals surface area contributed by atoms with Gasteiger partial charge in [-0.25, -0.2) is 14.1 Å². The Morgan fingerprint density at radius 1 is 1.00 bits per heavy atom. The summed E-state index contributed by atoms with van der Waals surface area (Å²) in [7, 11) is 0. The van der Waals surface area contributed by atoms with Crippen molar-refractivity contribution >= 4 is 39.3 Å². The molecule has 0 aliphatic carbocycles. The number of rotatable bonds is 4. The minimum atomic E-state index is -0.850. The Kier molecular flexibility index (Phi) is 5.68. The first-order valence-electron chi connectivity index (χ1n) is 10.5. The average molecular weight is 508 g/mol. The SMILES string of the molecule is O=C1OCCN1C(=O)[C@H]1[C@H](c2ccc(F)cc2)C(c2ccccc2)=NN1c1ccc(Br)cc1. The molecule has 0 N–H and O–H groups in total. The van der Waals surface area contributed by atoms with Crippen LogP contribution in [-0.2, 0) is 9.53 Å². The van der Waals surface area contributed by atoms with E-state index in [1.54, 1.807) is 17.1 Å². The van der Waals surface area contributed by atoms with Crippen LogP contribution >= 0.6 is 15.9 Å². The minimum absolute atomic E-state index is 0.156. The predicted molar refractivity (Wildman–Crippen MR) is 126 cm³/mol. The van der Waals surface area contributed by atoms with Gasteiger partial charge in [-0.15, -0.1) is 0 Å². The molecule has 1 fully saturated rings. The van der Waals surface area contributed by atoms with Crippen LogP contribution in [0.3, 0.4) is 0 Å². The summed E-state index contributed by atoms with van der Waals surface area (Å²) in [6, 6.07) is 22.2. The van der Waals surface area contributed by atoms with Gasteiger partial charge in [0.25, 0.3) is 5.91 Å². The molecule has 2 atom stereocenters. The topological polar surface area (TPSA) is 62.2 Å². The molecule has 2 aliphatic rings. The lowest BCUT2D eigenvalue weighted by Gasteiger charge is -2.29. The van der Waals surface area contributed by atoms with Crippen molar-refractivity contribution in [2.75, 3.05) is 18.2 Å². The Hall–Kier alpha value is -3.52. The largest absolute Gasteiger partial charge is 0.447 e. The van der Waals surface area contributed by atoms with Crippen LogP contribution < -0.4 is 5.01 Å². The Morgan fingerprint density at radius 3 is 2.33 bits per heavy atom. The van der Waals surface area contributed by atoms with Crippen molar-refractivity contribution in [3.63, 3.8) is 0 Å². The molecule has 5 rings (SSSR count). The summed E-state index contributed by atoms with van der Waals surface area (Å²) in [5, 5.41) is 6.53. The third-order valence-corrected chi connectivity index (χ3v) is 6.29. The molecular weight excluding hydrogens is 489 g/mol. The van der Waals surface area contributed by atoms with E-state index in [1.165, 1.54) is 12.1 Å². The molecule has 2 amide bonds. The van der Waals surface area contributed by atoms with Gasteiger partial charge in [-0.05, 0) is 47.5 Å². The molecule has 6 nitrogen and oxygen atoms in total. The summed E-state index contributed by atoms with van der Waals surface area (Å²) in [5.74, 6) is -1.31. The number of hydrogen-bond donors (Lipinski definition) is 0. The van der Waals surface area contributed by atoms with Gasteiger partial charge in [-0.2, -0.15) is 5.10 Å². The van der Waals surface area contributed by atoms with Gasteiger partial charge in [0.15, 0.2) is 0 Å². The molecule has 0 saturated carbocycles. The highest BCUT2D eigenvalue weighted by atomic mass is 79.9. The number of hydrazone groups is 1. The minimum Gasteiger partial charge on any atom is -0.447 e. The van der Waals surface area contributed by atoms with Crippen molar-refractivity contribution < 1.29 is 18.7 Å². The summed E-state index contributed by atoms with van der Waals surface area (Å²) in [5.41, 5.74) is 2.93. The summed E-state index contributed by atoms with van der Waals surface area (Å²) in [4.78, 5) is 27.2. The fraction of sp³-hybridized carbons (Fsp3) is 0.160. The van der Waals surface area contributed by atoms with E-state index in [4.69, 9.17) is 9.84 Å². The molecule has 3 aromatic rings. The van der Waals surface area contributed by atoms with Gasteiger partial charge in [0.1, 0.15) is 18.5 Å². The van der Waals surface area contributed by atoms with Crippen molar-refractivity contribution in [2.24, 2.45) is 5.10 Å². The first-order valence-corrected chi connectivity index (χ1v) is 11.2. The van der Waals surface area contributed by atoms with Gasteiger partial charge in [0, 0.05) is 4.47 Å². The van der Waals surface area contributed by atoms with Crippen molar-refractivity contribution in [1.82, 2.24) is 4.90 Å². The molecule has 8 heteroatoms. The molecule has 33 heavy (non-hydrogen) atoms. The first-order chi connectivity index (χ1) is 16.0. The van der Waals surface area contributed by atoms with Crippen LogP contribution in [0.15, 0.2) is 88.4 Å². The summed E-state index contributed by atoms with van der Waals surface area (Å²) in [6.07, 6.45) is -0.665. The number of carbonyl (C=O) groups is 2. The van der Waals surface area contributed by atoms with E-state index >= 15 is 0 Å². The Labute approximate surface area is 198 Å². The maximum Gasteiger partial charge on any atom is 0.416 e. The Bertz CT molecular complexity index is 1220. The predicted octanol–water partition coefficient (Wildman–Crippen LogP) is 4.94. The summed E-state index contributed by atoms with van der Waals surface area (Å²) < 4.78 is 19.7. The van der Waals surface area contributed by atoms with E-state index in [-0.39, 0.29) is 19.0 Å². The molecule has 0 radical (unpaired) electrons. The number of anilines is 1. The summed E-state index contributed by atoms with van der Waals surface area (Å²) in [6.45, 7) is 0.336. The van der Waals surface area contributed by atoms with E-state index in [0.717, 1.165) is 20.5 Å². The second kappa shape index (κ2) is 8.78. The highest BCUT2D eigenvalue weighted by Gasteiger charge is 2.48. The van der Waals surface area contributed by atoms with Crippen molar-refractivity contribution in [1.29, 1.82) is 0 Å². The number of amides is 2. The molecule has 0 spiro atoms. The van der Waals surface area contributed by atoms with Crippen LogP contribution in [0.1, 0.15) is 17.0 Å². The molecule has 0 aromatic heterocycles. The quantitative estimate of drug-likeness (QED) is 0.501. The second-order valence-electron chi connectivity index (χ2n) is 7.75. The highest BCUT2D eigenvalue weighted by molar-refractivity contribution is 9.10. The van der Waals surface area contributed by atoms with Crippen molar-refractivity contribution in [3.05, 3.63) is 100 Å². The van der Waals surface area contributed by atoms with E-state index in [2.05, 4.69) is 15.9 Å². The first kappa shape index (κ1) is 21.3. The maximum absolute atomic E-state index is 13.8. The van der Waals surface area contributed by atoms with Crippen LogP contribution in [0.2, 0.25) is 0 Å². The average Bonchev–Trinajstić information content (AvgIpc) is 3.44. The van der Waals surface area contributed by atoms with Crippen LogP contribution in [-0.4, -0.2) is 41.8 Å². The molecule has 2 aliphatic heterocycles. The number of ether oxygens (including phenoxy) is 1. The lowest BCUT2D eigenvalue weighted by Crippen LogP contribution is -2.48. The molecule has 1 saturated heterocycles. The summed E-state index contributed by atoms with van der Waals surface area (Å²) >= 11 is 3.44. The van der Waals surface area contributed by atoms with Crippen LogP contribution in [0.5, 0.6) is 0 Å². The van der Waals surface area contributed by atoms with Crippen molar-refractivity contribution in [3.8, 4) is 0 Å².